The summed E-state index contributed by atoms with van der Waals surface area (Å²) in [7, 11) is 1.26. The van der Waals surface area contributed by atoms with Gasteiger partial charge in [-0.2, -0.15) is 0 Å². The van der Waals surface area contributed by atoms with E-state index in [0.717, 1.165) is 0 Å². The first-order valence-corrected chi connectivity index (χ1v) is 11.2. The molecule has 0 bridgehead atoms. The van der Waals surface area contributed by atoms with Crippen LogP contribution in [-0.2, 0) is 0 Å². The van der Waals surface area contributed by atoms with Gasteiger partial charge in [-0.05, 0) is 0 Å². The van der Waals surface area contributed by atoms with E-state index in [1.807, 2.05) is 11.3 Å². The molecule has 0 amide bonds. The monoisotopic (exact) mass is 218 g/mol. The second-order valence-electron chi connectivity index (χ2n) is 2.59. The van der Waals surface area contributed by atoms with Crippen molar-refractivity contribution in [3.8, 4) is 0 Å². The Balaban J connectivity index is 2.94. The summed E-state index contributed by atoms with van der Waals surface area (Å²) < 4.78 is 3.43. The van der Waals surface area contributed by atoms with Gasteiger partial charge in [-0.1, -0.05) is 0 Å². The van der Waals surface area contributed by atoms with Crippen molar-refractivity contribution in [1.29, 1.82) is 0 Å². The van der Waals surface area contributed by atoms with Crippen LogP contribution in [0.1, 0.15) is 0 Å². The fourth-order valence-corrected chi connectivity index (χ4v) is 9.85. The van der Waals surface area contributed by atoms with Gasteiger partial charge in [0.2, 0.25) is 0 Å². The molecular formula is C6H12GeSSi. The molecule has 50 valence electrons. The third-order valence-electron chi connectivity index (χ3n) is 1.52. The van der Waals surface area contributed by atoms with Gasteiger partial charge in [-0.15, -0.1) is 0 Å². The number of thiophene rings is 1. The summed E-state index contributed by atoms with van der Waals surface area (Å²) >= 11 is 1.05. The molecule has 0 aromatic carbocycles. The van der Waals surface area contributed by atoms with Crippen LogP contribution in [0.2, 0.25) is 11.5 Å². The predicted molar refractivity (Wildman–Crippen MR) is 52.4 cm³/mol. The summed E-state index contributed by atoms with van der Waals surface area (Å²) in [4.78, 5) is 0. The van der Waals surface area contributed by atoms with Gasteiger partial charge in [0.15, 0.2) is 0 Å². The Morgan fingerprint density at radius 3 is 2.44 bits per heavy atom. The van der Waals surface area contributed by atoms with E-state index in [1.165, 1.54) is 10.2 Å². The van der Waals surface area contributed by atoms with E-state index >= 15 is 0 Å². The normalized spacial score (nSPS) is 11.0. The van der Waals surface area contributed by atoms with Crippen LogP contribution in [0.25, 0.3) is 0 Å². The molecule has 1 heterocycles. The Morgan fingerprint density at radius 2 is 2.22 bits per heavy atom. The molecule has 0 aliphatic carbocycles. The maximum absolute atomic E-state index is 2.44. The minimum absolute atomic E-state index is 0.894. The Hall–Kier alpha value is 0.460. The van der Waals surface area contributed by atoms with Crippen molar-refractivity contribution in [1.82, 2.24) is 0 Å². The molecule has 1 aromatic rings. The van der Waals surface area contributed by atoms with Gasteiger partial charge in [-0.25, -0.2) is 0 Å². The molecule has 0 aliphatic rings. The summed E-state index contributed by atoms with van der Waals surface area (Å²) in [6.45, 7) is 0. The Labute approximate surface area is 67.8 Å². The average molecular weight is 217 g/mol. The van der Waals surface area contributed by atoms with E-state index in [0.29, 0.717) is 0 Å². The predicted octanol–water partition coefficient (Wildman–Crippen LogP) is -0.568. The van der Waals surface area contributed by atoms with E-state index in [-0.39, 0.29) is 0 Å². The third kappa shape index (κ3) is 1.69. The third-order valence-corrected chi connectivity index (χ3v) is 9.24. The van der Waals surface area contributed by atoms with E-state index in [2.05, 4.69) is 23.0 Å². The first-order valence-electron chi connectivity index (χ1n) is 3.26. The number of hydrogen-bond acceptors (Lipinski definition) is 1. The van der Waals surface area contributed by atoms with Gasteiger partial charge < -0.3 is 0 Å². The molecule has 0 nitrogen and oxygen atoms in total. The van der Waals surface area contributed by atoms with Crippen LogP contribution < -0.4 is 8.90 Å². The average Bonchev–Trinajstić information content (AvgIpc) is 2.13. The van der Waals surface area contributed by atoms with Crippen molar-refractivity contribution in [2.24, 2.45) is 0 Å². The zero-order valence-electron chi connectivity index (χ0n) is 6.14. The van der Waals surface area contributed by atoms with Gasteiger partial charge in [0.05, 0.1) is 0 Å². The molecule has 1 aromatic heterocycles. The molecule has 0 saturated carbocycles. The molecular weight excluding hydrogens is 205 g/mol. The molecule has 0 aliphatic heterocycles. The SMILES string of the molecule is [CH3][GeH]([CH3])[c]1ccsc1[SiH3]. The standard InChI is InChI=1S/C6H12GeSSi/c1-7(2)5-3-4-8-6(5)9/h3-4,7H,1-2,9H3. The van der Waals surface area contributed by atoms with Crippen molar-refractivity contribution >= 4 is 44.8 Å². The second kappa shape index (κ2) is 3.03. The zero-order valence-corrected chi connectivity index (χ0v) is 11.4. The van der Waals surface area contributed by atoms with Crippen molar-refractivity contribution in [2.45, 2.75) is 11.5 Å². The summed E-state index contributed by atoms with van der Waals surface area (Å²) in [6, 6.07) is 2.33. The number of rotatable bonds is 1. The van der Waals surface area contributed by atoms with Crippen LogP contribution in [0.3, 0.4) is 0 Å². The van der Waals surface area contributed by atoms with Gasteiger partial charge in [0, 0.05) is 0 Å². The van der Waals surface area contributed by atoms with Gasteiger partial charge in [-0.3, -0.25) is 0 Å². The van der Waals surface area contributed by atoms with Crippen molar-refractivity contribution in [3.63, 3.8) is 0 Å². The maximum atomic E-state index is 2.44. The van der Waals surface area contributed by atoms with Crippen molar-refractivity contribution < 1.29 is 0 Å². The number of hydrogen-bond donors (Lipinski definition) is 0. The molecule has 1 rings (SSSR count). The van der Waals surface area contributed by atoms with E-state index < -0.39 is 14.3 Å². The first-order chi connectivity index (χ1) is 4.22. The summed E-state index contributed by atoms with van der Waals surface area (Å²) in [6.07, 6.45) is 0. The van der Waals surface area contributed by atoms with Gasteiger partial charge in [0.1, 0.15) is 0 Å². The van der Waals surface area contributed by atoms with Gasteiger partial charge in [0.25, 0.3) is 0 Å². The fraction of sp³-hybridized carbons (Fsp3) is 0.333. The van der Waals surface area contributed by atoms with E-state index in [9.17, 15) is 0 Å². The van der Waals surface area contributed by atoms with Crippen LogP contribution in [0, 0.1) is 0 Å². The summed E-state index contributed by atoms with van der Waals surface area (Å²) in [5, 5.41) is 2.24. The Morgan fingerprint density at radius 1 is 1.56 bits per heavy atom. The van der Waals surface area contributed by atoms with Crippen LogP contribution in [0.15, 0.2) is 11.4 Å². The topological polar surface area (TPSA) is 0 Å². The Bertz CT molecular complexity index is 195. The molecule has 0 fully saturated rings. The fourth-order valence-electron chi connectivity index (χ4n) is 0.994. The van der Waals surface area contributed by atoms with Crippen LogP contribution in [0.4, 0.5) is 0 Å². The summed E-state index contributed by atoms with van der Waals surface area (Å²) in [5.41, 5.74) is 0. The second-order valence-corrected chi connectivity index (χ2v) is 11.6. The van der Waals surface area contributed by atoms with Crippen molar-refractivity contribution in [3.05, 3.63) is 11.4 Å². The van der Waals surface area contributed by atoms with Crippen LogP contribution >= 0.6 is 11.3 Å². The molecule has 3 heteroatoms. The van der Waals surface area contributed by atoms with E-state index in [1.54, 1.807) is 8.90 Å². The molecule has 0 atom stereocenters. The zero-order chi connectivity index (χ0) is 6.85. The molecule has 0 spiro atoms. The molecule has 0 unspecified atom stereocenters. The summed E-state index contributed by atoms with van der Waals surface area (Å²) in [5.74, 6) is 4.88. The first kappa shape index (κ1) is 7.57. The quantitative estimate of drug-likeness (QED) is 0.552. The molecule has 0 radical (unpaired) electrons. The van der Waals surface area contributed by atoms with Gasteiger partial charge >= 0.3 is 67.8 Å². The van der Waals surface area contributed by atoms with E-state index in [4.69, 9.17) is 0 Å². The minimum atomic E-state index is -0.894. The van der Waals surface area contributed by atoms with Crippen LogP contribution in [0.5, 0.6) is 0 Å². The molecule has 0 N–H and O–H groups in total. The van der Waals surface area contributed by atoms with Crippen LogP contribution in [-0.4, -0.2) is 24.6 Å². The Kier molecular flexibility index (Phi) is 2.55. The molecule has 9 heavy (non-hydrogen) atoms. The molecule has 0 saturated heterocycles. The van der Waals surface area contributed by atoms with Crippen molar-refractivity contribution in [2.75, 3.05) is 0 Å².